The van der Waals surface area contributed by atoms with Crippen LogP contribution >= 0.6 is 21.7 Å². The van der Waals surface area contributed by atoms with Crippen LogP contribution in [0.3, 0.4) is 0 Å². The van der Waals surface area contributed by atoms with E-state index in [4.69, 9.17) is 10.7 Å². The molecular formula is C6H4ClOS-. The van der Waals surface area contributed by atoms with E-state index in [0.29, 0.717) is 0 Å². The zero-order valence-corrected chi connectivity index (χ0v) is 6.08. The molecule has 0 heterocycles. The van der Waals surface area contributed by atoms with Crippen LogP contribution in [0.25, 0.3) is 0 Å². The fourth-order valence-electron chi connectivity index (χ4n) is 0.491. The number of hydrogen-bond donors (Lipinski definition) is 0. The molecule has 48 valence electrons. The maximum absolute atomic E-state index is 10.5. The molecule has 0 saturated heterocycles. The van der Waals surface area contributed by atoms with Crippen LogP contribution in [0.4, 0.5) is 0 Å². The highest BCUT2D eigenvalue weighted by molar-refractivity contribution is 8.21. The predicted molar refractivity (Wildman–Crippen MR) is 37.6 cm³/mol. The zero-order chi connectivity index (χ0) is 6.69. The number of halogens is 1. The lowest BCUT2D eigenvalue weighted by Crippen LogP contribution is -1.86. The van der Waals surface area contributed by atoms with Crippen molar-refractivity contribution in [1.82, 2.24) is 0 Å². The van der Waals surface area contributed by atoms with E-state index in [-0.39, 0.29) is 5.75 Å². The van der Waals surface area contributed by atoms with Crippen molar-refractivity contribution in [3.8, 4) is 5.75 Å². The second kappa shape index (κ2) is 2.99. The van der Waals surface area contributed by atoms with Crippen molar-refractivity contribution in [1.29, 1.82) is 0 Å². The van der Waals surface area contributed by atoms with Gasteiger partial charge in [-0.3, -0.25) is 0 Å². The Morgan fingerprint density at radius 1 is 1.22 bits per heavy atom. The van der Waals surface area contributed by atoms with Crippen molar-refractivity contribution in [2.45, 2.75) is 4.90 Å². The minimum Gasteiger partial charge on any atom is -0.872 e. The molecule has 1 rings (SSSR count). The molecule has 0 aliphatic carbocycles. The molecule has 0 atom stereocenters. The van der Waals surface area contributed by atoms with Gasteiger partial charge in [0.05, 0.1) is 0 Å². The summed E-state index contributed by atoms with van der Waals surface area (Å²) in [4.78, 5) is 0.899. The Kier molecular flexibility index (Phi) is 2.25. The Bertz CT molecular complexity index is 185. The van der Waals surface area contributed by atoms with Gasteiger partial charge in [0, 0.05) is 4.90 Å². The highest BCUT2D eigenvalue weighted by Crippen LogP contribution is 2.22. The van der Waals surface area contributed by atoms with Crippen LogP contribution in [0.1, 0.15) is 0 Å². The van der Waals surface area contributed by atoms with Gasteiger partial charge in [-0.15, -0.1) is 5.75 Å². The van der Waals surface area contributed by atoms with Crippen molar-refractivity contribution < 1.29 is 5.11 Å². The van der Waals surface area contributed by atoms with Gasteiger partial charge < -0.3 is 5.11 Å². The van der Waals surface area contributed by atoms with Crippen molar-refractivity contribution in [2.24, 2.45) is 0 Å². The van der Waals surface area contributed by atoms with Crippen LogP contribution in [0.2, 0.25) is 0 Å². The van der Waals surface area contributed by atoms with E-state index in [2.05, 4.69) is 0 Å². The smallest absolute Gasteiger partial charge is 0.0232 e. The van der Waals surface area contributed by atoms with E-state index in [9.17, 15) is 5.11 Å². The Morgan fingerprint density at radius 2 is 1.78 bits per heavy atom. The lowest BCUT2D eigenvalue weighted by Gasteiger charge is -2.02. The first-order valence-corrected chi connectivity index (χ1v) is 4.03. The van der Waals surface area contributed by atoms with Crippen molar-refractivity contribution in [2.75, 3.05) is 0 Å². The Hall–Kier alpha value is -0.340. The lowest BCUT2D eigenvalue weighted by atomic mass is 10.3. The van der Waals surface area contributed by atoms with Gasteiger partial charge in [0.1, 0.15) is 0 Å². The molecule has 1 nitrogen and oxygen atoms in total. The molecule has 0 spiro atoms. The standard InChI is InChI=1S/C6H5ClOS/c7-9-6-3-1-5(8)2-4-6/h1-4,8H/p-1. The SMILES string of the molecule is [O-]c1ccc(SCl)cc1. The maximum atomic E-state index is 10.5. The molecule has 0 N–H and O–H groups in total. The van der Waals surface area contributed by atoms with Crippen LogP contribution in [-0.2, 0) is 0 Å². The molecule has 0 bridgehead atoms. The molecule has 1 aromatic rings. The van der Waals surface area contributed by atoms with E-state index in [0.717, 1.165) is 15.9 Å². The fraction of sp³-hybridized carbons (Fsp3) is 0. The van der Waals surface area contributed by atoms with Crippen LogP contribution in [0.5, 0.6) is 5.75 Å². The summed E-state index contributed by atoms with van der Waals surface area (Å²) in [7, 11) is 6.50. The molecule has 0 radical (unpaired) electrons. The maximum Gasteiger partial charge on any atom is 0.0232 e. The summed E-state index contributed by atoms with van der Waals surface area (Å²) in [6.45, 7) is 0. The average molecular weight is 160 g/mol. The van der Waals surface area contributed by atoms with Crippen molar-refractivity contribution in [3.05, 3.63) is 24.3 Å². The Balaban J connectivity index is 2.88. The van der Waals surface area contributed by atoms with E-state index in [1.165, 1.54) is 12.1 Å². The summed E-state index contributed by atoms with van der Waals surface area (Å²) >= 11 is 0. The molecule has 0 unspecified atom stereocenters. The Labute approximate surface area is 62.2 Å². The van der Waals surface area contributed by atoms with E-state index >= 15 is 0 Å². The molecule has 0 aliphatic heterocycles. The lowest BCUT2D eigenvalue weighted by molar-refractivity contribution is -0.268. The summed E-state index contributed by atoms with van der Waals surface area (Å²) in [6, 6.07) is 6.37. The van der Waals surface area contributed by atoms with Gasteiger partial charge in [0.25, 0.3) is 0 Å². The molecule has 0 amide bonds. The number of rotatable bonds is 1. The second-order valence-corrected chi connectivity index (χ2v) is 2.64. The zero-order valence-electron chi connectivity index (χ0n) is 4.50. The number of hydrogen-bond acceptors (Lipinski definition) is 2. The molecule has 0 aromatic heterocycles. The highest BCUT2D eigenvalue weighted by Gasteiger charge is 1.84. The van der Waals surface area contributed by atoms with Gasteiger partial charge in [-0.1, -0.05) is 12.1 Å². The van der Waals surface area contributed by atoms with Crippen LogP contribution in [0.15, 0.2) is 29.2 Å². The van der Waals surface area contributed by atoms with E-state index in [1.54, 1.807) is 12.1 Å². The molecular weight excluding hydrogens is 156 g/mol. The minimum atomic E-state index is 0.0180. The van der Waals surface area contributed by atoms with Crippen LogP contribution in [0, 0.1) is 0 Å². The summed E-state index contributed by atoms with van der Waals surface area (Å²) in [5, 5.41) is 10.5. The third-order valence-electron chi connectivity index (χ3n) is 0.913. The first kappa shape index (κ1) is 6.78. The van der Waals surface area contributed by atoms with Crippen molar-refractivity contribution >= 4 is 21.7 Å². The molecule has 9 heavy (non-hydrogen) atoms. The topological polar surface area (TPSA) is 23.1 Å². The Morgan fingerprint density at radius 3 is 2.22 bits per heavy atom. The molecule has 1 aromatic carbocycles. The van der Waals surface area contributed by atoms with Crippen LogP contribution < -0.4 is 5.11 Å². The molecule has 0 fully saturated rings. The van der Waals surface area contributed by atoms with Gasteiger partial charge >= 0.3 is 0 Å². The normalized spacial score (nSPS) is 9.44. The first-order valence-electron chi connectivity index (χ1n) is 2.38. The molecule has 0 aliphatic rings. The van der Waals surface area contributed by atoms with Gasteiger partial charge in [-0.05, 0) is 33.8 Å². The minimum absolute atomic E-state index is 0.0180. The fourth-order valence-corrected chi connectivity index (χ4v) is 1.04. The van der Waals surface area contributed by atoms with Gasteiger partial charge in [-0.2, -0.15) is 0 Å². The van der Waals surface area contributed by atoms with E-state index < -0.39 is 0 Å². The third kappa shape index (κ3) is 1.80. The summed E-state index contributed by atoms with van der Waals surface area (Å²) in [5.74, 6) is 0.0180. The number of benzene rings is 1. The predicted octanol–water partition coefficient (Wildman–Crippen LogP) is 2.01. The van der Waals surface area contributed by atoms with Gasteiger partial charge in [-0.25, -0.2) is 0 Å². The monoisotopic (exact) mass is 159 g/mol. The third-order valence-corrected chi connectivity index (χ3v) is 1.90. The van der Waals surface area contributed by atoms with Gasteiger partial charge in [0.15, 0.2) is 0 Å². The van der Waals surface area contributed by atoms with E-state index in [1.807, 2.05) is 0 Å². The second-order valence-electron chi connectivity index (χ2n) is 1.55. The quantitative estimate of drug-likeness (QED) is 0.626. The largest absolute Gasteiger partial charge is 0.872 e. The first-order chi connectivity index (χ1) is 4.33. The van der Waals surface area contributed by atoms with Gasteiger partial charge in [0.2, 0.25) is 0 Å². The summed E-state index contributed by atoms with van der Waals surface area (Å²) in [5.41, 5.74) is 0. The highest BCUT2D eigenvalue weighted by atomic mass is 35.7. The summed E-state index contributed by atoms with van der Waals surface area (Å²) < 4.78 is 0. The molecule has 3 heteroatoms. The molecule has 0 saturated carbocycles. The summed E-state index contributed by atoms with van der Waals surface area (Å²) in [6.07, 6.45) is 0. The van der Waals surface area contributed by atoms with Crippen molar-refractivity contribution in [3.63, 3.8) is 0 Å². The average Bonchev–Trinajstić information content (AvgIpc) is 1.90. The van der Waals surface area contributed by atoms with Crippen LogP contribution in [-0.4, -0.2) is 0 Å².